The van der Waals surface area contributed by atoms with Gasteiger partial charge in [0.25, 0.3) is 0 Å². The van der Waals surface area contributed by atoms with E-state index in [0.29, 0.717) is 5.75 Å². The Labute approximate surface area is 109 Å². The Balaban J connectivity index is 2.02. The van der Waals surface area contributed by atoms with Crippen LogP contribution in [0.25, 0.3) is 11.3 Å². The van der Waals surface area contributed by atoms with Crippen molar-refractivity contribution < 1.29 is 19.0 Å². The van der Waals surface area contributed by atoms with Crippen LogP contribution in [0.2, 0.25) is 0 Å². The Morgan fingerprint density at radius 3 is 2.84 bits per heavy atom. The lowest BCUT2D eigenvalue weighted by atomic mass is 10.1. The first-order chi connectivity index (χ1) is 9.19. The number of aryl methyl sites for hydroxylation is 1. The lowest BCUT2D eigenvalue weighted by Gasteiger charge is -2.05. The second kappa shape index (κ2) is 4.31. The van der Waals surface area contributed by atoms with Gasteiger partial charge in [-0.3, -0.25) is 0 Å². The number of methoxy groups -OCH3 is 1. The highest BCUT2D eigenvalue weighted by Gasteiger charge is 2.18. The maximum atomic E-state index is 11.4. The molecule has 0 amide bonds. The van der Waals surface area contributed by atoms with E-state index in [-0.39, 0.29) is 12.6 Å². The summed E-state index contributed by atoms with van der Waals surface area (Å²) in [6.07, 6.45) is 1.59. The fourth-order valence-corrected chi connectivity index (χ4v) is 1.99. The first-order valence-corrected chi connectivity index (χ1v) is 5.73. The number of hydrogen-bond acceptors (Lipinski definition) is 5. The molecule has 3 rings (SSSR count). The van der Waals surface area contributed by atoms with Crippen LogP contribution in [0.5, 0.6) is 11.5 Å². The average molecular weight is 260 g/mol. The third kappa shape index (κ3) is 1.91. The van der Waals surface area contributed by atoms with Gasteiger partial charge >= 0.3 is 5.97 Å². The molecule has 0 aliphatic carbocycles. The Morgan fingerprint density at radius 1 is 1.37 bits per heavy atom. The van der Waals surface area contributed by atoms with E-state index in [4.69, 9.17) is 9.47 Å². The minimum absolute atomic E-state index is 0.176. The smallest absolute Gasteiger partial charge is 0.374 e. The molecule has 98 valence electrons. The van der Waals surface area contributed by atoms with Crippen LogP contribution >= 0.6 is 0 Å². The molecule has 2 heterocycles. The molecule has 0 spiro atoms. The summed E-state index contributed by atoms with van der Waals surface area (Å²) >= 11 is 0. The number of rotatable bonds is 2. The van der Waals surface area contributed by atoms with Gasteiger partial charge in [0.2, 0.25) is 12.6 Å². The van der Waals surface area contributed by atoms with E-state index in [9.17, 15) is 4.79 Å². The number of fused-ring (bicyclic) bond motifs is 1. The third-order valence-corrected chi connectivity index (χ3v) is 2.96. The SMILES string of the molecule is COC(=O)c1ncc(-c2cc3c(cc2C)OCO3)[nH]1. The molecule has 2 aromatic rings. The van der Waals surface area contributed by atoms with Gasteiger partial charge in [-0.2, -0.15) is 0 Å². The molecular formula is C13H12N2O4. The lowest BCUT2D eigenvalue weighted by molar-refractivity contribution is 0.0588. The first-order valence-electron chi connectivity index (χ1n) is 5.73. The van der Waals surface area contributed by atoms with Crippen LogP contribution in [0.15, 0.2) is 18.3 Å². The Bertz CT molecular complexity index is 648. The lowest BCUT2D eigenvalue weighted by Crippen LogP contribution is -2.03. The van der Waals surface area contributed by atoms with Crippen LogP contribution in [0.4, 0.5) is 0 Å². The van der Waals surface area contributed by atoms with E-state index in [2.05, 4.69) is 14.7 Å². The van der Waals surface area contributed by atoms with Gasteiger partial charge in [0, 0.05) is 5.56 Å². The summed E-state index contributed by atoms with van der Waals surface area (Å²) in [6.45, 7) is 2.19. The summed E-state index contributed by atoms with van der Waals surface area (Å²) in [5.41, 5.74) is 2.65. The molecule has 1 aliphatic rings. The van der Waals surface area contributed by atoms with Crippen LogP contribution in [-0.4, -0.2) is 29.8 Å². The van der Waals surface area contributed by atoms with Crippen molar-refractivity contribution in [1.29, 1.82) is 0 Å². The molecule has 0 bridgehead atoms. The van der Waals surface area contributed by atoms with Crippen molar-refractivity contribution in [3.8, 4) is 22.8 Å². The first kappa shape index (κ1) is 11.6. The zero-order valence-corrected chi connectivity index (χ0v) is 10.5. The number of nitrogens with one attached hydrogen (secondary N) is 1. The van der Waals surface area contributed by atoms with E-state index in [0.717, 1.165) is 22.6 Å². The molecule has 0 unspecified atom stereocenters. The molecule has 1 aliphatic heterocycles. The minimum Gasteiger partial charge on any atom is -0.463 e. The number of aromatic nitrogens is 2. The molecule has 0 saturated heterocycles. The van der Waals surface area contributed by atoms with Crippen LogP contribution < -0.4 is 9.47 Å². The highest BCUT2D eigenvalue weighted by Crippen LogP contribution is 2.37. The van der Waals surface area contributed by atoms with Gasteiger partial charge in [0.15, 0.2) is 11.5 Å². The summed E-state index contributed by atoms with van der Waals surface area (Å²) in [6, 6.07) is 3.77. The number of hydrogen-bond donors (Lipinski definition) is 1. The van der Waals surface area contributed by atoms with E-state index >= 15 is 0 Å². The molecule has 19 heavy (non-hydrogen) atoms. The standard InChI is InChI=1S/C13H12N2O4/c1-7-3-10-11(19-6-18-10)4-8(7)9-5-14-12(15-9)13(16)17-2/h3-5H,6H2,1-2H3,(H,14,15). The maximum absolute atomic E-state index is 11.4. The quantitative estimate of drug-likeness (QED) is 0.835. The highest BCUT2D eigenvalue weighted by atomic mass is 16.7. The van der Waals surface area contributed by atoms with Crippen molar-refractivity contribution in [2.24, 2.45) is 0 Å². The van der Waals surface area contributed by atoms with Crippen molar-refractivity contribution in [1.82, 2.24) is 9.97 Å². The number of aromatic amines is 1. The molecule has 1 aromatic carbocycles. The Morgan fingerprint density at radius 2 is 2.11 bits per heavy atom. The van der Waals surface area contributed by atoms with E-state index in [1.807, 2.05) is 19.1 Å². The molecule has 6 heteroatoms. The molecular weight excluding hydrogens is 248 g/mol. The van der Waals surface area contributed by atoms with Gasteiger partial charge in [-0.25, -0.2) is 9.78 Å². The zero-order chi connectivity index (χ0) is 13.4. The summed E-state index contributed by atoms with van der Waals surface area (Å²) in [5.74, 6) is 1.10. The Hall–Kier alpha value is -2.50. The summed E-state index contributed by atoms with van der Waals surface area (Å²) in [5, 5.41) is 0. The number of benzene rings is 1. The summed E-state index contributed by atoms with van der Waals surface area (Å²) < 4.78 is 15.3. The molecule has 0 fully saturated rings. The topological polar surface area (TPSA) is 73.4 Å². The van der Waals surface area contributed by atoms with Crippen molar-refractivity contribution in [2.75, 3.05) is 13.9 Å². The molecule has 1 aromatic heterocycles. The van der Waals surface area contributed by atoms with Gasteiger partial charge in [0.05, 0.1) is 19.0 Å². The number of nitrogens with zero attached hydrogens (tertiary/aromatic N) is 1. The second-order valence-corrected chi connectivity index (χ2v) is 4.16. The number of imidazole rings is 1. The monoisotopic (exact) mass is 260 g/mol. The van der Waals surface area contributed by atoms with Crippen molar-refractivity contribution >= 4 is 5.97 Å². The Kier molecular flexibility index (Phi) is 2.63. The van der Waals surface area contributed by atoms with Crippen LogP contribution in [0.1, 0.15) is 16.2 Å². The van der Waals surface area contributed by atoms with Gasteiger partial charge in [-0.05, 0) is 24.6 Å². The molecule has 0 radical (unpaired) electrons. The van der Waals surface area contributed by atoms with Crippen molar-refractivity contribution in [3.05, 3.63) is 29.7 Å². The fourth-order valence-electron chi connectivity index (χ4n) is 1.99. The maximum Gasteiger partial charge on any atom is 0.374 e. The highest BCUT2D eigenvalue weighted by molar-refractivity contribution is 5.86. The molecule has 0 atom stereocenters. The predicted molar refractivity (Wildman–Crippen MR) is 66.2 cm³/mol. The van der Waals surface area contributed by atoms with Gasteiger partial charge in [0.1, 0.15) is 0 Å². The largest absolute Gasteiger partial charge is 0.463 e. The minimum atomic E-state index is -0.496. The average Bonchev–Trinajstić information content (AvgIpc) is 3.04. The zero-order valence-electron chi connectivity index (χ0n) is 10.5. The normalized spacial score (nSPS) is 12.5. The number of esters is 1. The summed E-state index contributed by atoms with van der Waals surface area (Å²) in [4.78, 5) is 18.3. The van der Waals surface area contributed by atoms with Gasteiger partial charge in [-0.1, -0.05) is 0 Å². The van der Waals surface area contributed by atoms with E-state index < -0.39 is 5.97 Å². The van der Waals surface area contributed by atoms with Crippen LogP contribution in [0, 0.1) is 6.92 Å². The van der Waals surface area contributed by atoms with E-state index in [1.54, 1.807) is 6.20 Å². The summed E-state index contributed by atoms with van der Waals surface area (Å²) in [7, 11) is 1.32. The third-order valence-electron chi connectivity index (χ3n) is 2.96. The second-order valence-electron chi connectivity index (χ2n) is 4.16. The van der Waals surface area contributed by atoms with Gasteiger partial charge < -0.3 is 19.2 Å². The predicted octanol–water partition coefficient (Wildman–Crippen LogP) is 1.90. The van der Waals surface area contributed by atoms with Crippen molar-refractivity contribution in [2.45, 2.75) is 6.92 Å². The number of carbonyl (C=O) groups excluding carboxylic acids is 1. The van der Waals surface area contributed by atoms with Crippen molar-refractivity contribution in [3.63, 3.8) is 0 Å². The molecule has 6 nitrogen and oxygen atoms in total. The number of H-pyrrole nitrogens is 1. The number of ether oxygens (including phenoxy) is 3. The van der Waals surface area contributed by atoms with E-state index in [1.165, 1.54) is 7.11 Å². The number of carbonyl (C=O) groups is 1. The van der Waals surface area contributed by atoms with Crippen LogP contribution in [0.3, 0.4) is 0 Å². The molecule has 1 N–H and O–H groups in total. The molecule has 0 saturated carbocycles. The van der Waals surface area contributed by atoms with Gasteiger partial charge in [-0.15, -0.1) is 0 Å². The fraction of sp³-hybridized carbons (Fsp3) is 0.231. The van der Waals surface area contributed by atoms with Crippen LogP contribution in [-0.2, 0) is 4.74 Å².